The fourth-order valence-electron chi connectivity index (χ4n) is 3.55. The van der Waals surface area contributed by atoms with E-state index in [1.807, 2.05) is 54.6 Å². The first-order valence-corrected chi connectivity index (χ1v) is 11.8. The number of benzene rings is 3. The van der Waals surface area contributed by atoms with Crippen molar-refractivity contribution in [1.29, 1.82) is 0 Å². The second-order valence-electron chi connectivity index (χ2n) is 7.23. The molecule has 0 aliphatic rings. The van der Waals surface area contributed by atoms with E-state index in [9.17, 15) is 9.59 Å². The molecule has 3 rings (SSSR count). The molecular formula is C25H26BrO3P. The highest BCUT2D eigenvalue weighted by atomic mass is 79.9. The largest absolute Gasteiger partial charge is 1.00 e. The lowest BCUT2D eigenvalue weighted by Crippen LogP contribution is -3.00. The summed E-state index contributed by atoms with van der Waals surface area (Å²) in [5, 5.41) is 3.38. The standard InChI is InChI=1S/C25H26O3P.BrH/c1-20(2)28-25(27)18-21(26)19-29(22-12-6-3-7-13-22,23-14-8-4-9-15-23)24-16-10-5-11-17-24;/h3-17,20H,18-19H2,1-2H3;1H/q+1;/p-1. The van der Waals surface area contributed by atoms with Crippen molar-refractivity contribution in [3.8, 4) is 0 Å². The van der Waals surface area contributed by atoms with Gasteiger partial charge in [0.25, 0.3) is 0 Å². The van der Waals surface area contributed by atoms with E-state index in [1.165, 1.54) is 0 Å². The van der Waals surface area contributed by atoms with Crippen LogP contribution in [0.4, 0.5) is 0 Å². The molecule has 0 spiro atoms. The third-order valence-corrected chi connectivity index (χ3v) is 9.08. The number of carbonyl (C=O) groups excluding carboxylic acids is 2. The first-order chi connectivity index (χ1) is 14.0. The van der Waals surface area contributed by atoms with E-state index < -0.39 is 13.2 Å². The lowest BCUT2D eigenvalue weighted by atomic mass is 10.3. The maximum absolute atomic E-state index is 13.1. The molecule has 0 saturated carbocycles. The smallest absolute Gasteiger partial charge is 0.313 e. The van der Waals surface area contributed by atoms with Crippen LogP contribution >= 0.6 is 7.26 Å². The number of ketones is 1. The van der Waals surface area contributed by atoms with Crippen LogP contribution in [0.15, 0.2) is 91.0 Å². The van der Waals surface area contributed by atoms with Crippen LogP contribution in [-0.2, 0) is 14.3 Å². The Balaban J connectivity index is 0.00000320. The van der Waals surface area contributed by atoms with Crippen molar-refractivity contribution < 1.29 is 31.3 Å². The molecule has 0 aromatic heterocycles. The molecular weight excluding hydrogens is 459 g/mol. The molecule has 0 aliphatic carbocycles. The second-order valence-corrected chi connectivity index (χ2v) is 10.7. The molecule has 0 atom stereocenters. The summed E-state index contributed by atoms with van der Waals surface area (Å²) >= 11 is 0. The highest BCUT2D eigenvalue weighted by molar-refractivity contribution is 7.96. The van der Waals surface area contributed by atoms with Gasteiger partial charge in [-0.2, -0.15) is 0 Å². The van der Waals surface area contributed by atoms with Gasteiger partial charge < -0.3 is 21.7 Å². The monoisotopic (exact) mass is 484 g/mol. The Labute approximate surface area is 189 Å². The van der Waals surface area contributed by atoms with Gasteiger partial charge in [0.05, 0.1) is 6.10 Å². The lowest BCUT2D eigenvalue weighted by Gasteiger charge is -2.27. The van der Waals surface area contributed by atoms with Gasteiger partial charge in [-0.15, -0.1) is 0 Å². The summed E-state index contributed by atoms with van der Waals surface area (Å²) in [6.45, 7) is 3.58. The van der Waals surface area contributed by atoms with Gasteiger partial charge in [-0.05, 0) is 50.2 Å². The summed E-state index contributed by atoms with van der Waals surface area (Å²) in [6.07, 6.45) is -0.141. The number of hydrogen-bond donors (Lipinski definition) is 0. The molecule has 0 bridgehead atoms. The number of Topliss-reactive ketones (excluding diaryl/α,β-unsaturated/α-hetero) is 1. The van der Waals surface area contributed by atoms with Crippen LogP contribution in [-0.4, -0.2) is 24.0 Å². The number of esters is 1. The Hall–Kier alpha value is -2.29. The van der Waals surface area contributed by atoms with Crippen LogP contribution in [0.5, 0.6) is 0 Å². The number of carbonyl (C=O) groups is 2. The summed E-state index contributed by atoms with van der Waals surface area (Å²) in [5.41, 5.74) is 0. The van der Waals surface area contributed by atoms with Gasteiger partial charge in [0.15, 0.2) is 5.78 Å². The molecule has 3 aromatic carbocycles. The van der Waals surface area contributed by atoms with E-state index in [2.05, 4.69) is 36.4 Å². The molecule has 0 aliphatic heterocycles. The molecule has 156 valence electrons. The van der Waals surface area contributed by atoms with Crippen LogP contribution < -0.4 is 32.9 Å². The van der Waals surface area contributed by atoms with Crippen LogP contribution in [0.2, 0.25) is 0 Å². The summed E-state index contributed by atoms with van der Waals surface area (Å²) in [7, 11) is -2.26. The zero-order chi connectivity index (χ0) is 20.7. The molecule has 5 heteroatoms. The van der Waals surface area contributed by atoms with E-state index in [1.54, 1.807) is 13.8 Å². The van der Waals surface area contributed by atoms with Gasteiger partial charge in [-0.1, -0.05) is 54.6 Å². The molecule has 0 amide bonds. The van der Waals surface area contributed by atoms with Crippen molar-refractivity contribution in [1.82, 2.24) is 0 Å². The number of rotatable bonds is 8. The Kier molecular flexibility index (Phi) is 8.95. The minimum atomic E-state index is -2.26. The average molecular weight is 485 g/mol. The molecule has 0 unspecified atom stereocenters. The quantitative estimate of drug-likeness (QED) is 0.271. The molecule has 0 N–H and O–H groups in total. The number of ether oxygens (including phenoxy) is 1. The van der Waals surface area contributed by atoms with E-state index in [4.69, 9.17) is 4.74 Å². The Bertz CT molecular complexity index is 847. The summed E-state index contributed by atoms with van der Waals surface area (Å²) < 4.78 is 5.21. The molecule has 3 aromatic rings. The number of halogens is 1. The van der Waals surface area contributed by atoms with Crippen LogP contribution in [0.25, 0.3) is 0 Å². The molecule has 30 heavy (non-hydrogen) atoms. The average Bonchev–Trinajstić information content (AvgIpc) is 2.73. The van der Waals surface area contributed by atoms with Gasteiger partial charge in [-0.3, -0.25) is 9.59 Å². The second kappa shape index (κ2) is 11.2. The van der Waals surface area contributed by atoms with Crippen molar-refractivity contribution in [2.45, 2.75) is 26.4 Å². The van der Waals surface area contributed by atoms with Crippen LogP contribution in [0.3, 0.4) is 0 Å². The van der Waals surface area contributed by atoms with Crippen molar-refractivity contribution in [3.05, 3.63) is 91.0 Å². The van der Waals surface area contributed by atoms with Crippen LogP contribution in [0.1, 0.15) is 20.3 Å². The van der Waals surface area contributed by atoms with Gasteiger partial charge in [0, 0.05) is 0 Å². The zero-order valence-corrected chi connectivity index (χ0v) is 19.7. The highest BCUT2D eigenvalue weighted by Crippen LogP contribution is 2.55. The van der Waals surface area contributed by atoms with E-state index in [0.29, 0.717) is 0 Å². The fourth-order valence-corrected chi connectivity index (χ4v) is 7.68. The lowest BCUT2D eigenvalue weighted by molar-refractivity contribution is -0.149. The topological polar surface area (TPSA) is 43.4 Å². The van der Waals surface area contributed by atoms with Gasteiger partial charge >= 0.3 is 5.97 Å². The fraction of sp³-hybridized carbons (Fsp3) is 0.200. The van der Waals surface area contributed by atoms with E-state index in [-0.39, 0.29) is 41.5 Å². The maximum Gasteiger partial charge on any atom is 0.313 e. The predicted molar refractivity (Wildman–Crippen MR) is 121 cm³/mol. The van der Waals surface area contributed by atoms with Gasteiger partial charge in [0.2, 0.25) is 0 Å². The minimum Gasteiger partial charge on any atom is -1.00 e. The first-order valence-electron chi connectivity index (χ1n) is 9.78. The summed E-state index contributed by atoms with van der Waals surface area (Å²) in [4.78, 5) is 25.2. The Morgan fingerprint density at radius 1 is 0.733 bits per heavy atom. The van der Waals surface area contributed by atoms with Crippen LogP contribution in [0, 0.1) is 0 Å². The SMILES string of the molecule is CC(C)OC(=O)CC(=O)C[P+](c1ccccc1)(c1ccccc1)c1ccccc1.[Br-]. The third kappa shape index (κ3) is 5.65. The molecule has 3 nitrogen and oxygen atoms in total. The summed E-state index contributed by atoms with van der Waals surface area (Å²) in [5.74, 6) is -0.558. The number of hydrogen-bond acceptors (Lipinski definition) is 3. The summed E-state index contributed by atoms with van der Waals surface area (Å²) in [6, 6.07) is 30.5. The predicted octanol–water partition coefficient (Wildman–Crippen LogP) is 0.895. The maximum atomic E-state index is 13.1. The van der Waals surface area contributed by atoms with Crippen molar-refractivity contribution in [2.75, 3.05) is 6.16 Å². The van der Waals surface area contributed by atoms with Crippen molar-refractivity contribution >= 4 is 34.9 Å². The van der Waals surface area contributed by atoms with Gasteiger partial charge in [-0.25, -0.2) is 0 Å². The molecule has 0 saturated heterocycles. The Morgan fingerprint density at radius 3 is 1.43 bits per heavy atom. The van der Waals surface area contributed by atoms with Crippen molar-refractivity contribution in [3.63, 3.8) is 0 Å². The normalized spacial score (nSPS) is 10.9. The third-order valence-electron chi connectivity index (χ3n) is 4.71. The molecule has 0 heterocycles. The Morgan fingerprint density at radius 2 is 1.10 bits per heavy atom. The zero-order valence-electron chi connectivity index (χ0n) is 17.2. The highest BCUT2D eigenvalue weighted by Gasteiger charge is 2.47. The first kappa shape index (κ1) is 24.0. The van der Waals surface area contributed by atoms with E-state index >= 15 is 0 Å². The molecule has 0 fully saturated rings. The van der Waals surface area contributed by atoms with Crippen molar-refractivity contribution in [2.24, 2.45) is 0 Å². The minimum absolute atomic E-state index is 0. The van der Waals surface area contributed by atoms with Gasteiger partial charge in [0.1, 0.15) is 35.8 Å². The van der Waals surface area contributed by atoms with E-state index in [0.717, 1.165) is 15.9 Å². The molecule has 0 radical (unpaired) electrons.